The van der Waals surface area contributed by atoms with Crippen molar-refractivity contribution < 1.29 is 19.1 Å². The van der Waals surface area contributed by atoms with E-state index in [2.05, 4.69) is 25.8 Å². The average molecular weight is 402 g/mol. The summed E-state index contributed by atoms with van der Waals surface area (Å²) in [6, 6.07) is 15.1. The molecular weight excluding hydrogens is 380 g/mol. The molecule has 4 rings (SSSR count). The van der Waals surface area contributed by atoms with Crippen molar-refractivity contribution >= 4 is 17.5 Å². The standard InChI is InChI=1S/C24H22N2O4/c1-24(2,3)16-11-9-15(10-12-16)20-19(21(27)17-7-6-14-30-17)22(28)23(29)26(20)18-8-4-5-13-25-18/h4-14,20,28H,1-3H3. The Balaban J connectivity index is 1.86. The fourth-order valence-electron chi connectivity index (χ4n) is 3.59. The fourth-order valence-corrected chi connectivity index (χ4v) is 3.59. The van der Waals surface area contributed by atoms with Crippen LogP contribution in [0.3, 0.4) is 0 Å². The normalized spacial score (nSPS) is 17.0. The molecule has 1 amide bonds. The molecule has 30 heavy (non-hydrogen) atoms. The summed E-state index contributed by atoms with van der Waals surface area (Å²) < 4.78 is 5.24. The quantitative estimate of drug-likeness (QED) is 0.637. The fraction of sp³-hybridized carbons (Fsp3) is 0.208. The monoisotopic (exact) mass is 402 g/mol. The van der Waals surface area contributed by atoms with Gasteiger partial charge in [0, 0.05) is 6.20 Å². The highest BCUT2D eigenvalue weighted by atomic mass is 16.3. The third-order valence-corrected chi connectivity index (χ3v) is 5.19. The van der Waals surface area contributed by atoms with Gasteiger partial charge in [-0.1, -0.05) is 51.1 Å². The van der Waals surface area contributed by atoms with Crippen LogP contribution in [-0.2, 0) is 10.2 Å². The second-order valence-electron chi connectivity index (χ2n) is 8.21. The molecule has 1 aliphatic heterocycles. The van der Waals surface area contributed by atoms with Gasteiger partial charge in [0.05, 0.1) is 17.9 Å². The summed E-state index contributed by atoms with van der Waals surface area (Å²) in [5.74, 6) is -1.39. The van der Waals surface area contributed by atoms with Crippen LogP contribution in [0.15, 0.2) is 82.8 Å². The van der Waals surface area contributed by atoms with Crippen molar-refractivity contribution in [3.05, 3.63) is 95.3 Å². The van der Waals surface area contributed by atoms with E-state index in [1.807, 2.05) is 24.3 Å². The van der Waals surface area contributed by atoms with E-state index in [-0.39, 0.29) is 16.7 Å². The smallest absolute Gasteiger partial charge is 0.295 e. The Hall–Kier alpha value is -3.67. The maximum absolute atomic E-state index is 13.1. The van der Waals surface area contributed by atoms with Gasteiger partial charge in [0.15, 0.2) is 11.5 Å². The van der Waals surface area contributed by atoms with Gasteiger partial charge < -0.3 is 9.52 Å². The van der Waals surface area contributed by atoms with Gasteiger partial charge in [-0.25, -0.2) is 4.98 Å². The molecule has 0 bridgehead atoms. The van der Waals surface area contributed by atoms with E-state index in [0.717, 1.165) is 5.56 Å². The summed E-state index contributed by atoms with van der Waals surface area (Å²) in [7, 11) is 0. The number of aromatic nitrogens is 1. The molecule has 6 heteroatoms. The lowest BCUT2D eigenvalue weighted by molar-refractivity contribution is -0.117. The van der Waals surface area contributed by atoms with Gasteiger partial charge >= 0.3 is 0 Å². The molecule has 6 nitrogen and oxygen atoms in total. The van der Waals surface area contributed by atoms with E-state index in [1.54, 1.807) is 30.5 Å². The van der Waals surface area contributed by atoms with Crippen molar-refractivity contribution in [3.8, 4) is 0 Å². The van der Waals surface area contributed by atoms with Crippen molar-refractivity contribution in [2.75, 3.05) is 4.90 Å². The molecular formula is C24H22N2O4. The number of amides is 1. The van der Waals surface area contributed by atoms with Gasteiger partial charge in [-0.05, 0) is 40.8 Å². The lowest BCUT2D eigenvalue weighted by atomic mass is 9.85. The molecule has 3 heterocycles. The van der Waals surface area contributed by atoms with Gasteiger partial charge in [-0.2, -0.15) is 0 Å². The first-order valence-electron chi connectivity index (χ1n) is 9.65. The highest BCUT2D eigenvalue weighted by Gasteiger charge is 2.45. The third-order valence-electron chi connectivity index (χ3n) is 5.19. The molecule has 0 aliphatic carbocycles. The van der Waals surface area contributed by atoms with E-state index in [1.165, 1.54) is 17.2 Å². The van der Waals surface area contributed by atoms with Crippen molar-refractivity contribution in [1.29, 1.82) is 0 Å². The molecule has 1 aliphatic rings. The van der Waals surface area contributed by atoms with Crippen molar-refractivity contribution in [1.82, 2.24) is 4.98 Å². The lowest BCUT2D eigenvalue weighted by Crippen LogP contribution is -2.31. The minimum atomic E-state index is -0.820. The molecule has 0 spiro atoms. The van der Waals surface area contributed by atoms with E-state index in [0.29, 0.717) is 11.4 Å². The minimum Gasteiger partial charge on any atom is -0.503 e. The number of ketones is 1. The number of aliphatic hydroxyl groups is 1. The first-order valence-corrected chi connectivity index (χ1v) is 9.65. The zero-order chi connectivity index (χ0) is 21.5. The average Bonchev–Trinajstić information content (AvgIpc) is 3.35. The number of furan rings is 1. The number of aliphatic hydroxyl groups excluding tert-OH is 1. The molecule has 1 aromatic carbocycles. The predicted molar refractivity (Wildman–Crippen MR) is 112 cm³/mol. The van der Waals surface area contributed by atoms with Crippen molar-refractivity contribution in [2.24, 2.45) is 0 Å². The van der Waals surface area contributed by atoms with Crippen molar-refractivity contribution in [3.63, 3.8) is 0 Å². The summed E-state index contributed by atoms with van der Waals surface area (Å²) in [6.45, 7) is 6.33. The Morgan fingerprint density at radius 3 is 2.37 bits per heavy atom. The molecule has 1 unspecified atom stereocenters. The number of nitrogens with zero attached hydrogens (tertiary/aromatic N) is 2. The van der Waals surface area contributed by atoms with Gasteiger partial charge in [0.1, 0.15) is 5.82 Å². The van der Waals surface area contributed by atoms with E-state index in [9.17, 15) is 14.7 Å². The van der Waals surface area contributed by atoms with E-state index < -0.39 is 23.5 Å². The first kappa shape index (κ1) is 19.6. The van der Waals surface area contributed by atoms with Crippen LogP contribution in [0.1, 0.15) is 48.5 Å². The van der Waals surface area contributed by atoms with E-state index >= 15 is 0 Å². The Bertz CT molecular complexity index is 1110. The summed E-state index contributed by atoms with van der Waals surface area (Å²) in [4.78, 5) is 31.7. The Morgan fingerprint density at radius 2 is 1.80 bits per heavy atom. The molecule has 1 atom stereocenters. The molecule has 1 N–H and O–H groups in total. The Morgan fingerprint density at radius 1 is 1.07 bits per heavy atom. The molecule has 2 aromatic heterocycles. The van der Waals surface area contributed by atoms with Crippen LogP contribution >= 0.6 is 0 Å². The zero-order valence-electron chi connectivity index (χ0n) is 17.0. The number of benzene rings is 1. The number of anilines is 1. The SMILES string of the molecule is CC(C)(C)c1ccc(C2C(C(=O)c3ccco3)=C(O)C(=O)N2c2ccccn2)cc1. The number of Topliss-reactive ketones (excluding diaryl/α,β-unsaturated/α-hetero) is 1. The zero-order valence-corrected chi connectivity index (χ0v) is 17.0. The second kappa shape index (κ2) is 7.30. The molecule has 3 aromatic rings. The van der Waals surface area contributed by atoms with Gasteiger partial charge in [-0.3, -0.25) is 14.5 Å². The van der Waals surface area contributed by atoms with Crippen LogP contribution in [0, 0.1) is 0 Å². The van der Waals surface area contributed by atoms with Gasteiger partial charge in [0.2, 0.25) is 5.78 Å². The number of hydrogen-bond acceptors (Lipinski definition) is 5. The van der Waals surface area contributed by atoms with Crippen LogP contribution in [0.4, 0.5) is 5.82 Å². The molecule has 152 valence electrons. The summed E-state index contributed by atoms with van der Waals surface area (Å²) in [5, 5.41) is 10.7. The Kier molecular flexibility index (Phi) is 4.78. The molecule has 0 saturated heterocycles. The van der Waals surface area contributed by atoms with Crippen LogP contribution in [0.5, 0.6) is 0 Å². The van der Waals surface area contributed by atoms with Crippen LogP contribution in [-0.4, -0.2) is 21.8 Å². The molecule has 0 radical (unpaired) electrons. The maximum Gasteiger partial charge on any atom is 0.295 e. The summed E-state index contributed by atoms with van der Waals surface area (Å²) >= 11 is 0. The topological polar surface area (TPSA) is 83.6 Å². The van der Waals surface area contributed by atoms with Crippen LogP contribution in [0.2, 0.25) is 0 Å². The summed E-state index contributed by atoms with van der Waals surface area (Å²) in [5.41, 5.74) is 1.74. The second-order valence-corrected chi connectivity index (χ2v) is 8.21. The van der Waals surface area contributed by atoms with Crippen LogP contribution < -0.4 is 4.90 Å². The van der Waals surface area contributed by atoms with E-state index in [4.69, 9.17) is 4.42 Å². The number of pyridine rings is 1. The number of hydrogen-bond donors (Lipinski definition) is 1. The Labute approximate surface area is 174 Å². The van der Waals surface area contributed by atoms with Gasteiger partial charge in [0.25, 0.3) is 5.91 Å². The number of carbonyl (C=O) groups excluding carboxylic acids is 2. The van der Waals surface area contributed by atoms with Crippen molar-refractivity contribution in [2.45, 2.75) is 32.2 Å². The third kappa shape index (κ3) is 3.30. The number of rotatable bonds is 4. The molecule has 0 saturated carbocycles. The molecule has 0 fully saturated rings. The highest BCUT2D eigenvalue weighted by Crippen LogP contribution is 2.41. The minimum absolute atomic E-state index is 0.0240. The lowest BCUT2D eigenvalue weighted by Gasteiger charge is -2.26. The van der Waals surface area contributed by atoms with Crippen LogP contribution in [0.25, 0.3) is 0 Å². The number of carbonyl (C=O) groups is 2. The predicted octanol–water partition coefficient (Wildman–Crippen LogP) is 4.76. The van der Waals surface area contributed by atoms with Gasteiger partial charge in [-0.15, -0.1) is 0 Å². The highest BCUT2D eigenvalue weighted by molar-refractivity contribution is 6.19. The maximum atomic E-state index is 13.1. The summed E-state index contributed by atoms with van der Waals surface area (Å²) in [6.07, 6.45) is 2.94. The largest absolute Gasteiger partial charge is 0.503 e. The first-order chi connectivity index (χ1) is 14.3.